The third-order valence-electron chi connectivity index (χ3n) is 2.60. The number of hydrogen-bond donors (Lipinski definition) is 3. The molecule has 5 N–H and O–H groups in total. The van der Waals surface area contributed by atoms with Gasteiger partial charge in [-0.05, 0) is 18.2 Å². The zero-order valence-electron chi connectivity index (χ0n) is 10.4. The van der Waals surface area contributed by atoms with Gasteiger partial charge < -0.3 is 26.2 Å². The Morgan fingerprint density at radius 1 is 1.44 bits per heavy atom. The van der Waals surface area contributed by atoms with Crippen molar-refractivity contribution in [3.63, 3.8) is 0 Å². The average Bonchev–Trinajstić information content (AvgIpc) is 2.35. The molecule has 0 spiro atoms. The Morgan fingerprint density at radius 3 is 2.72 bits per heavy atom. The molecule has 0 aliphatic heterocycles. The van der Waals surface area contributed by atoms with Gasteiger partial charge in [0, 0.05) is 31.6 Å². The molecule has 0 aliphatic rings. The van der Waals surface area contributed by atoms with Crippen molar-refractivity contribution in [2.45, 2.75) is 0 Å². The lowest BCUT2D eigenvalue weighted by molar-refractivity contribution is 0.100. The van der Waals surface area contributed by atoms with Crippen LogP contribution in [0, 0.1) is 0 Å². The minimum atomic E-state index is -0.565. The molecule has 6 heteroatoms. The second-order valence-electron chi connectivity index (χ2n) is 3.84. The zero-order chi connectivity index (χ0) is 13.5. The van der Waals surface area contributed by atoms with Crippen molar-refractivity contribution >= 4 is 17.3 Å². The van der Waals surface area contributed by atoms with Gasteiger partial charge in [0.05, 0.1) is 18.8 Å². The fraction of sp³-hybridized carbons (Fsp3) is 0.417. The predicted octanol–water partition coefficient (Wildman–Crippen LogP) is -0.187. The Hall–Kier alpha value is -1.79. The highest BCUT2D eigenvalue weighted by molar-refractivity contribution is 5.99. The molecule has 0 radical (unpaired) electrons. The number of carbonyl (C=O) groups excluding carboxylic acids is 1. The minimum absolute atomic E-state index is 0.0139. The van der Waals surface area contributed by atoms with Gasteiger partial charge >= 0.3 is 0 Å². The third-order valence-corrected chi connectivity index (χ3v) is 2.60. The third kappa shape index (κ3) is 3.61. The lowest BCUT2D eigenvalue weighted by Crippen LogP contribution is -2.30. The number of amides is 1. The number of aliphatic hydroxyl groups excluding tert-OH is 1. The van der Waals surface area contributed by atoms with Gasteiger partial charge in [-0.2, -0.15) is 0 Å². The Morgan fingerprint density at radius 2 is 2.17 bits per heavy atom. The second kappa shape index (κ2) is 6.83. The van der Waals surface area contributed by atoms with Crippen molar-refractivity contribution in [1.82, 2.24) is 0 Å². The molecule has 6 nitrogen and oxygen atoms in total. The van der Waals surface area contributed by atoms with E-state index in [1.54, 1.807) is 25.3 Å². The molecule has 18 heavy (non-hydrogen) atoms. The molecular weight excluding hydrogens is 234 g/mol. The summed E-state index contributed by atoms with van der Waals surface area (Å²) < 4.78 is 5.00. The summed E-state index contributed by atoms with van der Waals surface area (Å²) in [6.45, 7) is 1.60. The van der Waals surface area contributed by atoms with E-state index in [4.69, 9.17) is 21.3 Å². The summed E-state index contributed by atoms with van der Waals surface area (Å²) in [7, 11) is 1.61. The number of nitrogens with two attached hydrogens (primary N) is 2. The Labute approximate surface area is 106 Å². The summed E-state index contributed by atoms with van der Waals surface area (Å²) in [6, 6.07) is 5.04. The molecule has 1 amide bonds. The van der Waals surface area contributed by atoms with Crippen LogP contribution in [0.5, 0.6) is 0 Å². The van der Waals surface area contributed by atoms with E-state index in [1.165, 1.54) is 0 Å². The number of anilines is 2. The Kier molecular flexibility index (Phi) is 5.41. The molecule has 100 valence electrons. The average molecular weight is 253 g/mol. The second-order valence-corrected chi connectivity index (χ2v) is 3.84. The number of carbonyl (C=O) groups is 1. The topological polar surface area (TPSA) is 102 Å². The van der Waals surface area contributed by atoms with Crippen LogP contribution in [0.2, 0.25) is 0 Å². The first-order chi connectivity index (χ1) is 8.60. The molecule has 0 saturated heterocycles. The number of aliphatic hydroxyl groups is 1. The van der Waals surface area contributed by atoms with Crippen LogP contribution >= 0.6 is 0 Å². The van der Waals surface area contributed by atoms with Gasteiger partial charge in [-0.3, -0.25) is 4.79 Å². The molecule has 0 heterocycles. The van der Waals surface area contributed by atoms with Crippen LogP contribution in [0.15, 0.2) is 18.2 Å². The fourth-order valence-corrected chi connectivity index (χ4v) is 1.65. The molecule has 0 bridgehead atoms. The SMILES string of the molecule is COCCN(CCO)c1ccc(N)c(C(N)=O)c1. The van der Waals surface area contributed by atoms with Crippen LogP contribution in [-0.4, -0.2) is 44.4 Å². The Bertz CT molecular complexity index is 410. The van der Waals surface area contributed by atoms with Crippen molar-refractivity contribution in [3.8, 4) is 0 Å². The van der Waals surface area contributed by atoms with Gasteiger partial charge in [0.15, 0.2) is 0 Å². The number of methoxy groups -OCH3 is 1. The summed E-state index contributed by atoms with van der Waals surface area (Å²) in [4.78, 5) is 13.1. The fourth-order valence-electron chi connectivity index (χ4n) is 1.65. The van der Waals surface area contributed by atoms with Gasteiger partial charge in [0.1, 0.15) is 0 Å². The first kappa shape index (κ1) is 14.3. The predicted molar refractivity (Wildman–Crippen MR) is 70.5 cm³/mol. The van der Waals surface area contributed by atoms with E-state index in [0.717, 1.165) is 5.69 Å². The van der Waals surface area contributed by atoms with Crippen molar-refractivity contribution in [3.05, 3.63) is 23.8 Å². The molecule has 0 fully saturated rings. The standard InChI is InChI=1S/C12H19N3O3/c1-18-7-5-15(4-6-16)9-2-3-11(13)10(8-9)12(14)17/h2-3,8,16H,4-7,13H2,1H3,(H2,14,17). The number of ether oxygens (including phenoxy) is 1. The monoisotopic (exact) mass is 253 g/mol. The summed E-state index contributed by atoms with van der Waals surface area (Å²) in [5.74, 6) is -0.565. The molecule has 1 aromatic rings. The molecule has 0 atom stereocenters. The van der Waals surface area contributed by atoms with Crippen molar-refractivity contribution in [2.75, 3.05) is 44.0 Å². The lowest BCUT2D eigenvalue weighted by atomic mass is 10.1. The summed E-state index contributed by atoms with van der Waals surface area (Å²) in [5.41, 5.74) is 12.3. The van der Waals surface area contributed by atoms with E-state index in [2.05, 4.69) is 0 Å². The van der Waals surface area contributed by atoms with E-state index in [9.17, 15) is 4.79 Å². The first-order valence-electron chi connectivity index (χ1n) is 5.64. The minimum Gasteiger partial charge on any atom is -0.398 e. The Balaban J connectivity index is 2.97. The van der Waals surface area contributed by atoms with Crippen LogP contribution < -0.4 is 16.4 Å². The highest BCUT2D eigenvalue weighted by Gasteiger charge is 2.11. The van der Waals surface area contributed by atoms with E-state index < -0.39 is 5.91 Å². The maximum absolute atomic E-state index is 11.2. The van der Waals surface area contributed by atoms with E-state index >= 15 is 0 Å². The van der Waals surface area contributed by atoms with Gasteiger partial charge in [-0.15, -0.1) is 0 Å². The lowest BCUT2D eigenvalue weighted by Gasteiger charge is -2.24. The van der Waals surface area contributed by atoms with E-state index in [0.29, 0.717) is 25.4 Å². The number of nitrogens with zero attached hydrogens (tertiary/aromatic N) is 1. The zero-order valence-corrected chi connectivity index (χ0v) is 10.4. The van der Waals surface area contributed by atoms with Crippen LogP contribution in [0.3, 0.4) is 0 Å². The van der Waals surface area contributed by atoms with Crippen LogP contribution in [0.1, 0.15) is 10.4 Å². The number of hydrogen-bond acceptors (Lipinski definition) is 5. The van der Waals surface area contributed by atoms with Crippen molar-refractivity contribution in [2.24, 2.45) is 5.73 Å². The van der Waals surface area contributed by atoms with Gasteiger partial charge in [-0.25, -0.2) is 0 Å². The molecule has 0 aliphatic carbocycles. The smallest absolute Gasteiger partial charge is 0.250 e. The molecule has 0 aromatic heterocycles. The first-order valence-corrected chi connectivity index (χ1v) is 5.64. The molecule has 0 saturated carbocycles. The summed E-state index contributed by atoms with van der Waals surface area (Å²) >= 11 is 0. The normalized spacial score (nSPS) is 10.3. The number of nitrogen functional groups attached to an aromatic ring is 1. The highest BCUT2D eigenvalue weighted by Crippen LogP contribution is 2.20. The number of benzene rings is 1. The van der Waals surface area contributed by atoms with Crippen LogP contribution in [0.4, 0.5) is 11.4 Å². The van der Waals surface area contributed by atoms with Crippen LogP contribution in [-0.2, 0) is 4.74 Å². The largest absolute Gasteiger partial charge is 0.398 e. The van der Waals surface area contributed by atoms with E-state index in [1.807, 2.05) is 4.90 Å². The van der Waals surface area contributed by atoms with E-state index in [-0.39, 0.29) is 12.2 Å². The summed E-state index contributed by atoms with van der Waals surface area (Å²) in [5, 5.41) is 9.03. The van der Waals surface area contributed by atoms with Crippen molar-refractivity contribution in [1.29, 1.82) is 0 Å². The quantitative estimate of drug-likeness (QED) is 0.585. The van der Waals surface area contributed by atoms with Gasteiger partial charge in [0.2, 0.25) is 0 Å². The van der Waals surface area contributed by atoms with Crippen molar-refractivity contribution < 1.29 is 14.6 Å². The molecule has 0 unspecified atom stereocenters. The molecular formula is C12H19N3O3. The number of primary amides is 1. The molecule has 1 rings (SSSR count). The summed E-state index contributed by atoms with van der Waals surface area (Å²) in [6.07, 6.45) is 0. The number of rotatable bonds is 7. The highest BCUT2D eigenvalue weighted by atomic mass is 16.5. The van der Waals surface area contributed by atoms with Gasteiger partial charge in [0.25, 0.3) is 5.91 Å². The maximum atomic E-state index is 11.2. The maximum Gasteiger partial charge on any atom is 0.250 e. The van der Waals surface area contributed by atoms with Gasteiger partial charge in [-0.1, -0.05) is 0 Å². The molecule has 1 aromatic carbocycles. The van der Waals surface area contributed by atoms with Crippen LogP contribution in [0.25, 0.3) is 0 Å².